The van der Waals surface area contributed by atoms with Crippen molar-refractivity contribution in [2.45, 2.75) is 70.9 Å². The SMILES string of the molecule is CC1(C)C(N)CC1NC(=O)C12CC3CC(CC(C3)C1)C2. The Morgan fingerprint density at radius 2 is 1.50 bits per heavy atom. The molecule has 5 aliphatic rings. The molecule has 0 aromatic rings. The third-order valence-corrected chi connectivity index (χ3v) is 7.17. The van der Waals surface area contributed by atoms with Gasteiger partial charge in [-0.05, 0) is 62.7 Å². The Morgan fingerprint density at radius 3 is 1.90 bits per heavy atom. The van der Waals surface area contributed by atoms with E-state index in [1.54, 1.807) is 0 Å². The van der Waals surface area contributed by atoms with Crippen LogP contribution in [0.4, 0.5) is 0 Å². The van der Waals surface area contributed by atoms with E-state index in [4.69, 9.17) is 5.73 Å². The fourth-order valence-electron chi connectivity index (χ4n) is 5.90. The first-order valence-electron chi connectivity index (χ1n) is 8.45. The van der Waals surface area contributed by atoms with Crippen LogP contribution in [-0.2, 0) is 4.79 Å². The summed E-state index contributed by atoms with van der Waals surface area (Å²) in [6.45, 7) is 4.37. The van der Waals surface area contributed by atoms with Gasteiger partial charge in [0.25, 0.3) is 0 Å². The summed E-state index contributed by atoms with van der Waals surface area (Å²) in [4.78, 5) is 12.9. The summed E-state index contributed by atoms with van der Waals surface area (Å²) in [5, 5.41) is 3.38. The Morgan fingerprint density at radius 1 is 1.00 bits per heavy atom. The maximum atomic E-state index is 12.9. The third kappa shape index (κ3) is 1.71. The number of nitrogens with one attached hydrogen (secondary N) is 1. The molecule has 4 bridgehead atoms. The average Bonchev–Trinajstić information content (AvgIpc) is 2.36. The van der Waals surface area contributed by atoms with E-state index in [1.165, 1.54) is 19.3 Å². The fraction of sp³-hybridized carbons (Fsp3) is 0.941. The molecule has 2 unspecified atom stereocenters. The molecule has 5 rings (SSSR count). The Labute approximate surface area is 122 Å². The Kier molecular flexibility index (Phi) is 2.62. The van der Waals surface area contributed by atoms with Crippen molar-refractivity contribution >= 4 is 5.91 Å². The van der Waals surface area contributed by atoms with Crippen LogP contribution in [0.1, 0.15) is 58.8 Å². The second kappa shape index (κ2) is 4.00. The minimum absolute atomic E-state index is 0.00941. The van der Waals surface area contributed by atoms with Gasteiger partial charge >= 0.3 is 0 Å². The summed E-state index contributed by atoms with van der Waals surface area (Å²) in [6.07, 6.45) is 8.61. The highest BCUT2D eigenvalue weighted by Crippen LogP contribution is 2.60. The maximum absolute atomic E-state index is 12.9. The van der Waals surface area contributed by atoms with Crippen LogP contribution < -0.4 is 11.1 Å². The van der Waals surface area contributed by atoms with Crippen LogP contribution in [0.15, 0.2) is 0 Å². The van der Waals surface area contributed by atoms with Gasteiger partial charge in [0, 0.05) is 22.9 Å². The average molecular weight is 276 g/mol. The number of rotatable bonds is 2. The molecule has 0 aliphatic heterocycles. The van der Waals surface area contributed by atoms with Crippen LogP contribution in [0.5, 0.6) is 0 Å². The van der Waals surface area contributed by atoms with Gasteiger partial charge < -0.3 is 11.1 Å². The lowest BCUT2D eigenvalue weighted by atomic mass is 9.49. The zero-order chi connectivity index (χ0) is 14.1. The molecular formula is C17H28N2O. The standard InChI is InChI=1S/C17H28N2O/c1-16(2)13(18)6-14(16)19-15(20)17-7-10-3-11(8-17)5-12(4-10)9-17/h10-14H,3-9,18H2,1-2H3,(H,19,20). The molecule has 5 saturated carbocycles. The molecule has 20 heavy (non-hydrogen) atoms. The molecule has 1 amide bonds. The van der Waals surface area contributed by atoms with Gasteiger partial charge in [-0.2, -0.15) is 0 Å². The molecule has 5 aliphatic carbocycles. The topological polar surface area (TPSA) is 55.1 Å². The van der Waals surface area contributed by atoms with Gasteiger partial charge in [-0.1, -0.05) is 13.8 Å². The summed E-state index contributed by atoms with van der Waals surface area (Å²) in [5.74, 6) is 2.87. The predicted molar refractivity (Wildman–Crippen MR) is 78.9 cm³/mol. The highest BCUT2D eigenvalue weighted by molar-refractivity contribution is 5.83. The second-order valence-corrected chi connectivity index (χ2v) is 8.89. The van der Waals surface area contributed by atoms with E-state index in [2.05, 4.69) is 19.2 Å². The number of carbonyl (C=O) groups excluding carboxylic acids is 1. The Hall–Kier alpha value is -0.570. The number of nitrogens with two attached hydrogens (primary N) is 1. The number of carbonyl (C=O) groups is 1. The van der Waals surface area contributed by atoms with Gasteiger partial charge in [0.1, 0.15) is 0 Å². The quantitative estimate of drug-likeness (QED) is 0.814. The van der Waals surface area contributed by atoms with E-state index >= 15 is 0 Å². The highest BCUT2D eigenvalue weighted by Gasteiger charge is 2.56. The number of hydrogen-bond acceptors (Lipinski definition) is 2. The van der Waals surface area contributed by atoms with Crippen LogP contribution >= 0.6 is 0 Å². The van der Waals surface area contributed by atoms with Crippen LogP contribution in [0.2, 0.25) is 0 Å². The van der Waals surface area contributed by atoms with Crippen LogP contribution in [0.25, 0.3) is 0 Å². The third-order valence-electron chi connectivity index (χ3n) is 7.17. The first-order valence-corrected chi connectivity index (χ1v) is 8.45. The van der Waals surface area contributed by atoms with Crippen molar-refractivity contribution in [3.63, 3.8) is 0 Å². The van der Waals surface area contributed by atoms with Crippen molar-refractivity contribution in [3.8, 4) is 0 Å². The maximum Gasteiger partial charge on any atom is 0.226 e. The number of amides is 1. The minimum Gasteiger partial charge on any atom is -0.352 e. The van der Waals surface area contributed by atoms with Gasteiger partial charge in [-0.25, -0.2) is 0 Å². The first-order chi connectivity index (χ1) is 9.39. The molecule has 0 radical (unpaired) electrons. The summed E-state index contributed by atoms with van der Waals surface area (Å²) in [6, 6.07) is 0.530. The van der Waals surface area contributed by atoms with Crippen molar-refractivity contribution in [3.05, 3.63) is 0 Å². The Balaban J connectivity index is 1.49. The van der Waals surface area contributed by atoms with Crippen LogP contribution in [0.3, 0.4) is 0 Å². The first kappa shape index (κ1) is 13.1. The van der Waals surface area contributed by atoms with Crippen molar-refractivity contribution in [1.29, 1.82) is 0 Å². The van der Waals surface area contributed by atoms with E-state index in [1.807, 2.05) is 0 Å². The smallest absolute Gasteiger partial charge is 0.226 e. The second-order valence-electron chi connectivity index (χ2n) is 8.89. The fourth-order valence-corrected chi connectivity index (χ4v) is 5.90. The van der Waals surface area contributed by atoms with E-state index in [-0.39, 0.29) is 22.9 Å². The molecule has 0 aromatic heterocycles. The highest BCUT2D eigenvalue weighted by atomic mass is 16.2. The summed E-state index contributed by atoms with van der Waals surface area (Å²) in [5.41, 5.74) is 6.14. The lowest BCUT2D eigenvalue weighted by Gasteiger charge is -2.57. The molecule has 0 spiro atoms. The van der Waals surface area contributed by atoms with Crippen LogP contribution in [0, 0.1) is 28.6 Å². The van der Waals surface area contributed by atoms with Gasteiger partial charge in [0.2, 0.25) is 5.91 Å². The molecule has 0 heterocycles. The number of hydrogen-bond donors (Lipinski definition) is 2. The normalized spacial score (nSPS) is 51.6. The van der Waals surface area contributed by atoms with Crippen molar-refractivity contribution in [2.75, 3.05) is 0 Å². The lowest BCUT2D eigenvalue weighted by Crippen LogP contribution is -2.66. The molecule has 5 fully saturated rings. The minimum atomic E-state index is -0.00941. The molecule has 3 heteroatoms. The van der Waals surface area contributed by atoms with Gasteiger partial charge in [0.05, 0.1) is 0 Å². The largest absolute Gasteiger partial charge is 0.352 e. The van der Waals surface area contributed by atoms with Crippen molar-refractivity contribution < 1.29 is 4.79 Å². The van der Waals surface area contributed by atoms with Gasteiger partial charge in [0.15, 0.2) is 0 Å². The molecule has 2 atom stereocenters. The van der Waals surface area contributed by atoms with E-state index in [9.17, 15) is 4.79 Å². The summed E-state index contributed by atoms with van der Waals surface area (Å²) >= 11 is 0. The van der Waals surface area contributed by atoms with E-state index in [0.717, 1.165) is 43.4 Å². The summed E-state index contributed by atoms with van der Waals surface area (Å²) in [7, 11) is 0. The van der Waals surface area contributed by atoms with Crippen molar-refractivity contribution in [2.24, 2.45) is 34.3 Å². The molecule has 3 N–H and O–H groups in total. The van der Waals surface area contributed by atoms with E-state index < -0.39 is 0 Å². The zero-order valence-electron chi connectivity index (χ0n) is 12.8. The lowest BCUT2D eigenvalue weighted by molar-refractivity contribution is -0.149. The van der Waals surface area contributed by atoms with Crippen LogP contribution in [-0.4, -0.2) is 18.0 Å². The monoisotopic (exact) mass is 276 g/mol. The Bertz CT molecular complexity index is 407. The van der Waals surface area contributed by atoms with Gasteiger partial charge in [-0.3, -0.25) is 4.79 Å². The van der Waals surface area contributed by atoms with Crippen molar-refractivity contribution in [1.82, 2.24) is 5.32 Å². The molecule has 0 saturated heterocycles. The molecule has 3 nitrogen and oxygen atoms in total. The van der Waals surface area contributed by atoms with Gasteiger partial charge in [-0.15, -0.1) is 0 Å². The molecule has 0 aromatic carbocycles. The zero-order valence-corrected chi connectivity index (χ0v) is 12.8. The predicted octanol–water partition coefficient (Wildman–Crippen LogP) is 2.44. The molecular weight excluding hydrogens is 248 g/mol. The molecule has 112 valence electrons. The van der Waals surface area contributed by atoms with E-state index in [0.29, 0.717) is 5.91 Å². The summed E-state index contributed by atoms with van der Waals surface area (Å²) < 4.78 is 0.